The van der Waals surface area contributed by atoms with Crippen molar-refractivity contribution in [2.45, 2.75) is 19.5 Å². The summed E-state index contributed by atoms with van der Waals surface area (Å²) in [6.07, 6.45) is 0. The number of rotatable bonds is 7. The first-order chi connectivity index (χ1) is 16.5. The van der Waals surface area contributed by atoms with E-state index in [4.69, 9.17) is 4.74 Å². The Morgan fingerprint density at radius 2 is 1.82 bits per heavy atom. The van der Waals surface area contributed by atoms with Gasteiger partial charge in [0.2, 0.25) is 5.91 Å². The average Bonchev–Trinajstić information content (AvgIpc) is 2.86. The summed E-state index contributed by atoms with van der Waals surface area (Å²) < 4.78 is 4.77. The number of ether oxygens (including phenoxy) is 1. The van der Waals surface area contributed by atoms with Gasteiger partial charge >= 0.3 is 5.97 Å². The summed E-state index contributed by atoms with van der Waals surface area (Å²) in [6.45, 7) is 8.18. The smallest absolute Gasteiger partial charge is 0.337 e. The van der Waals surface area contributed by atoms with Crippen LogP contribution in [-0.2, 0) is 16.1 Å². The molecule has 1 N–H and O–H groups in total. The van der Waals surface area contributed by atoms with Gasteiger partial charge in [-0.05, 0) is 48.9 Å². The largest absolute Gasteiger partial charge is 0.465 e. The standard InChI is InChI=1S/C26H34N4O3S/c1-20-17-30(24-8-6-22(7-9-24)26(32)33-2)11-10-29(20)19-25(31)27-23-5-3-4-21(16-23)18-28-12-14-34-15-13-28/h3-9,16,20H,10-15,17-19H2,1-2H3,(H,27,31). The second-order valence-electron chi connectivity index (χ2n) is 8.94. The second-order valence-corrected chi connectivity index (χ2v) is 10.2. The van der Waals surface area contributed by atoms with E-state index in [1.807, 2.05) is 36.0 Å². The molecule has 2 aliphatic rings. The van der Waals surface area contributed by atoms with Gasteiger partial charge in [0.15, 0.2) is 0 Å². The quantitative estimate of drug-likeness (QED) is 0.608. The van der Waals surface area contributed by atoms with Crippen LogP contribution in [0.4, 0.5) is 11.4 Å². The van der Waals surface area contributed by atoms with Gasteiger partial charge in [0.25, 0.3) is 0 Å². The van der Waals surface area contributed by atoms with E-state index < -0.39 is 0 Å². The van der Waals surface area contributed by atoms with Crippen molar-refractivity contribution >= 4 is 35.0 Å². The number of amides is 1. The Kier molecular flexibility index (Phi) is 8.48. The van der Waals surface area contributed by atoms with Crippen LogP contribution in [0.1, 0.15) is 22.8 Å². The molecule has 0 saturated carbocycles. The molecule has 7 nitrogen and oxygen atoms in total. The number of esters is 1. The summed E-state index contributed by atoms with van der Waals surface area (Å²) in [5.74, 6) is 2.09. The van der Waals surface area contributed by atoms with Gasteiger partial charge in [-0.3, -0.25) is 14.6 Å². The first-order valence-electron chi connectivity index (χ1n) is 11.9. The van der Waals surface area contributed by atoms with Gasteiger partial charge in [0.1, 0.15) is 0 Å². The van der Waals surface area contributed by atoms with E-state index in [9.17, 15) is 9.59 Å². The van der Waals surface area contributed by atoms with E-state index in [-0.39, 0.29) is 17.9 Å². The number of carbonyl (C=O) groups excluding carboxylic acids is 2. The molecule has 2 aromatic carbocycles. The zero-order valence-electron chi connectivity index (χ0n) is 20.0. The molecule has 4 rings (SSSR count). The van der Waals surface area contributed by atoms with Crippen LogP contribution in [0.2, 0.25) is 0 Å². The molecule has 0 bridgehead atoms. The number of hydrogen-bond donors (Lipinski definition) is 1. The maximum atomic E-state index is 12.8. The van der Waals surface area contributed by atoms with Gasteiger partial charge in [0.05, 0.1) is 19.2 Å². The molecule has 2 aliphatic heterocycles. The van der Waals surface area contributed by atoms with E-state index in [1.54, 1.807) is 12.1 Å². The molecule has 1 amide bonds. The molecule has 1 atom stereocenters. The normalized spacial score (nSPS) is 19.6. The third-order valence-electron chi connectivity index (χ3n) is 6.49. The fourth-order valence-corrected chi connectivity index (χ4v) is 5.52. The Labute approximate surface area is 206 Å². The van der Waals surface area contributed by atoms with Crippen LogP contribution < -0.4 is 10.2 Å². The monoisotopic (exact) mass is 482 g/mol. The summed E-state index contributed by atoms with van der Waals surface area (Å²) in [7, 11) is 1.39. The highest BCUT2D eigenvalue weighted by molar-refractivity contribution is 7.99. The van der Waals surface area contributed by atoms with Gasteiger partial charge in [-0.25, -0.2) is 4.79 Å². The van der Waals surface area contributed by atoms with Crippen molar-refractivity contribution in [3.05, 3.63) is 59.7 Å². The van der Waals surface area contributed by atoms with Gasteiger partial charge < -0.3 is 15.0 Å². The fourth-order valence-electron chi connectivity index (χ4n) is 4.54. The number of methoxy groups -OCH3 is 1. The van der Waals surface area contributed by atoms with Crippen LogP contribution in [-0.4, -0.2) is 85.6 Å². The zero-order chi connectivity index (χ0) is 23.9. The summed E-state index contributed by atoms with van der Waals surface area (Å²) in [4.78, 5) is 31.4. The van der Waals surface area contributed by atoms with E-state index in [1.165, 1.54) is 24.2 Å². The second kappa shape index (κ2) is 11.7. The van der Waals surface area contributed by atoms with Crippen molar-refractivity contribution in [2.75, 3.05) is 68.1 Å². The molecule has 2 heterocycles. The number of nitrogens with zero attached hydrogens (tertiary/aromatic N) is 3. The van der Waals surface area contributed by atoms with E-state index in [2.05, 4.69) is 39.1 Å². The molecule has 0 aliphatic carbocycles. The number of nitrogens with one attached hydrogen (secondary N) is 1. The minimum Gasteiger partial charge on any atom is -0.465 e. The maximum Gasteiger partial charge on any atom is 0.337 e. The van der Waals surface area contributed by atoms with Gasteiger partial charge in [0, 0.05) is 68.2 Å². The minimum absolute atomic E-state index is 0.0225. The lowest BCUT2D eigenvalue weighted by molar-refractivity contribution is -0.117. The predicted octanol–water partition coefficient (Wildman–Crippen LogP) is 3.17. The van der Waals surface area contributed by atoms with Crippen LogP contribution in [0.25, 0.3) is 0 Å². The van der Waals surface area contributed by atoms with Crippen LogP contribution in [0.3, 0.4) is 0 Å². The highest BCUT2D eigenvalue weighted by Gasteiger charge is 2.25. The SMILES string of the molecule is COC(=O)c1ccc(N2CCN(CC(=O)Nc3cccc(CN4CCSCC4)c3)C(C)C2)cc1. The van der Waals surface area contributed by atoms with Gasteiger partial charge in [-0.1, -0.05) is 12.1 Å². The molecule has 8 heteroatoms. The molecule has 0 radical (unpaired) electrons. The molecule has 1 unspecified atom stereocenters. The molecule has 2 saturated heterocycles. The minimum atomic E-state index is -0.327. The van der Waals surface area contributed by atoms with Crippen LogP contribution in [0.15, 0.2) is 48.5 Å². The van der Waals surface area contributed by atoms with Crippen molar-refractivity contribution in [1.82, 2.24) is 9.80 Å². The van der Waals surface area contributed by atoms with Crippen molar-refractivity contribution in [3.8, 4) is 0 Å². The molecular formula is C26H34N4O3S. The molecular weight excluding hydrogens is 448 g/mol. The molecule has 0 aromatic heterocycles. The number of hydrogen-bond acceptors (Lipinski definition) is 7. The third kappa shape index (κ3) is 6.52. The Hall–Kier alpha value is -2.55. The topological polar surface area (TPSA) is 65.1 Å². The van der Waals surface area contributed by atoms with E-state index >= 15 is 0 Å². The van der Waals surface area contributed by atoms with Crippen LogP contribution in [0, 0.1) is 0 Å². The molecule has 0 spiro atoms. The van der Waals surface area contributed by atoms with Crippen LogP contribution >= 0.6 is 11.8 Å². The molecule has 2 aromatic rings. The Morgan fingerprint density at radius 3 is 2.53 bits per heavy atom. The lowest BCUT2D eigenvalue weighted by Gasteiger charge is -2.40. The first kappa shape index (κ1) is 24.6. The average molecular weight is 483 g/mol. The molecule has 34 heavy (non-hydrogen) atoms. The summed E-state index contributed by atoms with van der Waals surface area (Å²) >= 11 is 2.02. The highest BCUT2D eigenvalue weighted by Crippen LogP contribution is 2.21. The zero-order valence-corrected chi connectivity index (χ0v) is 20.9. The highest BCUT2D eigenvalue weighted by atomic mass is 32.2. The first-order valence-corrected chi connectivity index (χ1v) is 13.0. The third-order valence-corrected chi connectivity index (χ3v) is 7.43. The molecule has 182 valence electrons. The van der Waals surface area contributed by atoms with E-state index in [0.29, 0.717) is 12.1 Å². The van der Waals surface area contributed by atoms with Crippen molar-refractivity contribution < 1.29 is 14.3 Å². The summed E-state index contributed by atoms with van der Waals surface area (Å²) in [6, 6.07) is 16.0. The van der Waals surface area contributed by atoms with Crippen molar-refractivity contribution in [3.63, 3.8) is 0 Å². The van der Waals surface area contributed by atoms with E-state index in [0.717, 1.165) is 50.6 Å². The summed E-state index contributed by atoms with van der Waals surface area (Å²) in [5.41, 5.74) is 3.73. The predicted molar refractivity (Wildman–Crippen MR) is 139 cm³/mol. The molecule has 2 fully saturated rings. The Morgan fingerprint density at radius 1 is 1.06 bits per heavy atom. The summed E-state index contributed by atoms with van der Waals surface area (Å²) in [5, 5.41) is 3.09. The van der Waals surface area contributed by atoms with Crippen molar-refractivity contribution in [2.24, 2.45) is 0 Å². The Bertz CT molecular complexity index is 978. The fraction of sp³-hybridized carbons (Fsp3) is 0.462. The number of carbonyl (C=O) groups is 2. The lowest BCUT2D eigenvalue weighted by Crippen LogP contribution is -2.53. The van der Waals surface area contributed by atoms with Gasteiger partial charge in [-0.15, -0.1) is 0 Å². The van der Waals surface area contributed by atoms with Crippen LogP contribution in [0.5, 0.6) is 0 Å². The lowest BCUT2D eigenvalue weighted by atomic mass is 10.1. The van der Waals surface area contributed by atoms with Crippen molar-refractivity contribution in [1.29, 1.82) is 0 Å². The maximum absolute atomic E-state index is 12.8. The Balaban J connectivity index is 1.27. The number of piperazine rings is 1. The number of anilines is 2. The van der Waals surface area contributed by atoms with Gasteiger partial charge in [-0.2, -0.15) is 11.8 Å². The number of thioether (sulfide) groups is 1. The number of benzene rings is 2.